The number of thiophene rings is 1. The van der Waals surface area contributed by atoms with E-state index in [1.54, 1.807) is 12.1 Å². The average Bonchev–Trinajstić information content (AvgIpc) is 3.08. The number of nitrogens with two attached hydrogens (primary N) is 1. The van der Waals surface area contributed by atoms with Crippen LogP contribution in [0.4, 0.5) is 0 Å². The number of hydrogen-bond acceptors (Lipinski definition) is 7. The van der Waals surface area contributed by atoms with Crippen molar-refractivity contribution < 1.29 is 27.6 Å². The van der Waals surface area contributed by atoms with Gasteiger partial charge in [0, 0.05) is 0 Å². The number of nitrogens with zero attached hydrogens (tertiary/aromatic N) is 1. The van der Waals surface area contributed by atoms with E-state index in [1.165, 1.54) is 18.2 Å². The molecule has 0 atom stereocenters. The number of carbonyl (C=O) groups excluding carboxylic acids is 3. The first-order valence-electron chi connectivity index (χ1n) is 6.12. The van der Waals surface area contributed by atoms with Crippen molar-refractivity contribution in [3.05, 3.63) is 52.4 Å². The lowest BCUT2D eigenvalue weighted by Gasteiger charge is -2.11. The molecule has 0 bridgehead atoms. The van der Waals surface area contributed by atoms with Crippen molar-refractivity contribution >= 4 is 39.1 Å². The number of carbonyl (C=O) groups is 3. The lowest BCUT2D eigenvalue weighted by atomic mass is 10.1. The van der Waals surface area contributed by atoms with Crippen molar-refractivity contribution in [3.8, 4) is 0 Å². The molecule has 2 heterocycles. The zero-order valence-corrected chi connectivity index (χ0v) is 12.9. The maximum Gasteiger partial charge on any atom is 0.373 e. The number of hydroxylamine groups is 2. The third kappa shape index (κ3) is 2.63. The number of hydrogen-bond donors (Lipinski definition) is 1. The highest BCUT2D eigenvalue weighted by Gasteiger charge is 2.39. The lowest BCUT2D eigenvalue weighted by Crippen LogP contribution is -2.32. The zero-order valence-electron chi connectivity index (χ0n) is 11.3. The summed E-state index contributed by atoms with van der Waals surface area (Å²) in [6.45, 7) is 0. The number of rotatable bonds is 3. The Bertz CT molecular complexity index is 912. The fraction of sp³-hybridized carbons (Fsp3) is 0. The van der Waals surface area contributed by atoms with Crippen molar-refractivity contribution in [2.75, 3.05) is 0 Å². The molecule has 0 fully saturated rings. The monoisotopic (exact) mass is 352 g/mol. The number of sulfonamides is 1. The molecule has 23 heavy (non-hydrogen) atoms. The van der Waals surface area contributed by atoms with E-state index >= 15 is 0 Å². The summed E-state index contributed by atoms with van der Waals surface area (Å²) in [5, 5.41) is 5.30. The average molecular weight is 352 g/mol. The van der Waals surface area contributed by atoms with Gasteiger partial charge >= 0.3 is 5.97 Å². The normalized spacial score (nSPS) is 14.0. The molecule has 1 aliphatic rings. The molecule has 2 N–H and O–H groups in total. The minimum atomic E-state index is -3.94. The van der Waals surface area contributed by atoms with Crippen molar-refractivity contribution in [3.63, 3.8) is 0 Å². The van der Waals surface area contributed by atoms with E-state index in [2.05, 4.69) is 0 Å². The van der Waals surface area contributed by atoms with Gasteiger partial charge in [-0.1, -0.05) is 17.2 Å². The zero-order chi connectivity index (χ0) is 16.8. The first kappa shape index (κ1) is 15.3. The van der Waals surface area contributed by atoms with Crippen molar-refractivity contribution in [2.45, 2.75) is 4.21 Å². The van der Waals surface area contributed by atoms with Crippen LogP contribution in [0.15, 0.2) is 40.6 Å². The standard InChI is InChI=1S/C13H8N2O6S2/c14-23(19,20)10-6-5-9(22-10)13(18)21-15-11(16)7-3-1-2-4-8(7)12(15)17/h1-6H,(H2,14,19,20). The molecule has 0 spiro atoms. The molecule has 2 amide bonds. The van der Waals surface area contributed by atoms with Crippen molar-refractivity contribution in [2.24, 2.45) is 5.14 Å². The molecule has 0 aliphatic carbocycles. The second kappa shape index (κ2) is 5.26. The number of fused-ring (bicyclic) bond motifs is 1. The van der Waals surface area contributed by atoms with Crippen LogP contribution in [0, 0.1) is 0 Å². The topological polar surface area (TPSA) is 124 Å². The van der Waals surface area contributed by atoms with Gasteiger partial charge in [0.2, 0.25) is 10.0 Å². The number of amides is 2. The summed E-state index contributed by atoms with van der Waals surface area (Å²) in [6, 6.07) is 8.35. The van der Waals surface area contributed by atoms with Crippen LogP contribution in [0.25, 0.3) is 0 Å². The van der Waals surface area contributed by atoms with Crippen molar-refractivity contribution in [1.82, 2.24) is 5.06 Å². The van der Waals surface area contributed by atoms with Crippen LogP contribution in [-0.4, -0.2) is 31.3 Å². The predicted molar refractivity (Wildman–Crippen MR) is 78.0 cm³/mol. The van der Waals surface area contributed by atoms with Gasteiger partial charge in [0.1, 0.15) is 9.09 Å². The van der Waals surface area contributed by atoms with Gasteiger partial charge in [-0.05, 0) is 24.3 Å². The molecule has 3 rings (SSSR count). The smallest absolute Gasteiger partial charge is 0.323 e. The van der Waals surface area contributed by atoms with E-state index in [1.807, 2.05) is 0 Å². The van der Waals surface area contributed by atoms with Crippen LogP contribution in [0.2, 0.25) is 0 Å². The van der Waals surface area contributed by atoms with E-state index in [0.29, 0.717) is 16.4 Å². The van der Waals surface area contributed by atoms with Gasteiger partial charge in [0.15, 0.2) is 0 Å². The first-order valence-corrected chi connectivity index (χ1v) is 8.48. The molecular formula is C13H8N2O6S2. The van der Waals surface area contributed by atoms with Crippen LogP contribution in [0.3, 0.4) is 0 Å². The predicted octanol–water partition coefficient (Wildman–Crippen LogP) is 0.763. The second-order valence-electron chi connectivity index (χ2n) is 4.49. The molecule has 0 radical (unpaired) electrons. The number of imide groups is 1. The molecule has 10 heteroatoms. The summed E-state index contributed by atoms with van der Waals surface area (Å²) in [6.07, 6.45) is 0. The van der Waals surface area contributed by atoms with Gasteiger partial charge in [0.05, 0.1) is 11.1 Å². The number of primary sulfonamides is 1. The molecule has 1 aromatic heterocycles. The van der Waals surface area contributed by atoms with E-state index in [-0.39, 0.29) is 20.2 Å². The fourth-order valence-electron chi connectivity index (χ4n) is 1.96. The Hall–Kier alpha value is -2.56. The van der Waals surface area contributed by atoms with Gasteiger partial charge in [-0.2, -0.15) is 0 Å². The Labute approximate surface area is 134 Å². The Morgan fingerprint density at radius 3 is 2.09 bits per heavy atom. The summed E-state index contributed by atoms with van der Waals surface area (Å²) in [5.41, 5.74) is 0.253. The van der Waals surface area contributed by atoms with Gasteiger partial charge in [-0.25, -0.2) is 18.4 Å². The summed E-state index contributed by atoms with van der Waals surface area (Å²) < 4.78 is 22.1. The van der Waals surface area contributed by atoms with E-state index in [0.717, 1.165) is 6.07 Å². The van der Waals surface area contributed by atoms with E-state index in [4.69, 9.17) is 9.98 Å². The molecule has 0 unspecified atom stereocenters. The fourth-order valence-corrected chi connectivity index (χ4v) is 3.56. The third-order valence-electron chi connectivity index (χ3n) is 2.99. The number of benzene rings is 1. The molecule has 8 nitrogen and oxygen atoms in total. The Morgan fingerprint density at radius 2 is 1.61 bits per heavy atom. The Balaban J connectivity index is 1.83. The largest absolute Gasteiger partial charge is 0.373 e. The minimum Gasteiger partial charge on any atom is -0.323 e. The van der Waals surface area contributed by atoms with Crippen LogP contribution >= 0.6 is 11.3 Å². The van der Waals surface area contributed by atoms with Gasteiger partial charge in [0.25, 0.3) is 11.8 Å². The summed E-state index contributed by atoms with van der Waals surface area (Å²) in [4.78, 5) is 40.8. The molecule has 118 valence electrons. The highest BCUT2D eigenvalue weighted by Crippen LogP contribution is 2.25. The highest BCUT2D eigenvalue weighted by molar-refractivity contribution is 7.91. The van der Waals surface area contributed by atoms with E-state index in [9.17, 15) is 22.8 Å². The molecular weight excluding hydrogens is 344 g/mol. The van der Waals surface area contributed by atoms with Gasteiger partial charge in [-0.15, -0.1) is 11.3 Å². The summed E-state index contributed by atoms with van der Waals surface area (Å²) in [7, 11) is -3.94. The Morgan fingerprint density at radius 1 is 1.04 bits per heavy atom. The summed E-state index contributed by atoms with van der Waals surface area (Å²) >= 11 is 0.581. The van der Waals surface area contributed by atoms with E-state index < -0.39 is 27.8 Å². The quantitative estimate of drug-likeness (QED) is 0.814. The van der Waals surface area contributed by atoms with Crippen LogP contribution in [-0.2, 0) is 14.9 Å². The molecule has 0 saturated heterocycles. The molecule has 1 aromatic carbocycles. The molecule has 0 saturated carbocycles. The maximum absolute atomic E-state index is 12.1. The van der Waals surface area contributed by atoms with Crippen LogP contribution in [0.1, 0.15) is 30.4 Å². The minimum absolute atomic E-state index is 0.106. The van der Waals surface area contributed by atoms with Crippen LogP contribution in [0.5, 0.6) is 0 Å². The molecule has 2 aromatic rings. The second-order valence-corrected chi connectivity index (χ2v) is 7.36. The third-order valence-corrected chi connectivity index (χ3v) is 5.50. The van der Waals surface area contributed by atoms with Gasteiger partial charge < -0.3 is 4.84 Å². The van der Waals surface area contributed by atoms with Gasteiger partial charge in [-0.3, -0.25) is 9.59 Å². The first-order chi connectivity index (χ1) is 10.8. The highest BCUT2D eigenvalue weighted by atomic mass is 32.2. The SMILES string of the molecule is NS(=O)(=O)c1ccc(C(=O)ON2C(=O)c3ccccc3C2=O)s1. The van der Waals surface area contributed by atoms with Crippen LogP contribution < -0.4 is 5.14 Å². The Kier molecular flexibility index (Phi) is 3.51. The van der Waals surface area contributed by atoms with Crippen molar-refractivity contribution in [1.29, 1.82) is 0 Å². The maximum atomic E-state index is 12.1. The lowest BCUT2D eigenvalue weighted by molar-refractivity contribution is -0.0581. The molecule has 1 aliphatic heterocycles. The summed E-state index contributed by atoms with van der Waals surface area (Å²) in [5.74, 6) is -2.55.